The summed E-state index contributed by atoms with van der Waals surface area (Å²) in [4.78, 5) is 15.2. The third kappa shape index (κ3) is 1.37. The van der Waals surface area contributed by atoms with Gasteiger partial charge < -0.3 is 0 Å². The molecule has 1 heterocycles. The van der Waals surface area contributed by atoms with Crippen LogP contribution in [0.4, 0.5) is 4.39 Å². The predicted octanol–water partition coefficient (Wildman–Crippen LogP) is 2.58. The fraction of sp³-hybridized carbons (Fsp3) is 0.0909. The van der Waals surface area contributed by atoms with Crippen molar-refractivity contribution in [3.8, 4) is 0 Å². The molecule has 0 atom stereocenters. The summed E-state index contributed by atoms with van der Waals surface area (Å²) < 4.78 is 12.9. The topological polar surface area (TPSA) is 30.0 Å². The van der Waals surface area contributed by atoms with Gasteiger partial charge in [0.1, 0.15) is 11.5 Å². The van der Waals surface area contributed by atoms with Crippen molar-refractivity contribution in [2.24, 2.45) is 0 Å². The van der Waals surface area contributed by atoms with Crippen LogP contribution in [0.1, 0.15) is 17.4 Å². The van der Waals surface area contributed by atoms with E-state index in [1.807, 2.05) is 0 Å². The monoisotopic (exact) mass is 189 g/mol. The molecule has 2 aromatic rings. The molecule has 14 heavy (non-hydrogen) atoms. The summed E-state index contributed by atoms with van der Waals surface area (Å²) in [6.45, 7) is 1.45. The van der Waals surface area contributed by atoms with Crippen LogP contribution in [0.3, 0.4) is 0 Å². The highest BCUT2D eigenvalue weighted by atomic mass is 19.1. The van der Waals surface area contributed by atoms with Gasteiger partial charge in [-0.3, -0.25) is 9.78 Å². The molecule has 1 aromatic heterocycles. The van der Waals surface area contributed by atoms with Crippen LogP contribution < -0.4 is 0 Å². The average molecular weight is 189 g/mol. The van der Waals surface area contributed by atoms with Crippen LogP contribution in [0.5, 0.6) is 0 Å². The third-order valence-corrected chi connectivity index (χ3v) is 2.06. The maximum absolute atomic E-state index is 12.9. The minimum atomic E-state index is -0.307. The van der Waals surface area contributed by atoms with E-state index in [9.17, 15) is 9.18 Å². The minimum absolute atomic E-state index is 0.109. The molecule has 0 aliphatic heterocycles. The van der Waals surface area contributed by atoms with Gasteiger partial charge in [-0.15, -0.1) is 0 Å². The van der Waals surface area contributed by atoms with E-state index in [-0.39, 0.29) is 11.6 Å². The van der Waals surface area contributed by atoms with Crippen molar-refractivity contribution >= 4 is 16.6 Å². The molecule has 0 aliphatic rings. The zero-order chi connectivity index (χ0) is 10.1. The van der Waals surface area contributed by atoms with E-state index in [0.29, 0.717) is 16.5 Å². The molecule has 2 nitrogen and oxygen atoms in total. The number of fused-ring (bicyclic) bond motifs is 1. The number of halogens is 1. The number of benzene rings is 1. The molecule has 0 unspecified atom stereocenters. The number of Topliss-reactive ketones (excluding diaryl/α,β-unsaturated/α-hetero) is 1. The summed E-state index contributed by atoms with van der Waals surface area (Å²) in [5, 5.41) is 1.40. The molecule has 2 rings (SSSR count). The van der Waals surface area contributed by atoms with Gasteiger partial charge >= 0.3 is 0 Å². The first kappa shape index (κ1) is 8.81. The number of hydrogen-bond donors (Lipinski definition) is 0. The molecule has 0 saturated carbocycles. The lowest BCUT2D eigenvalue weighted by molar-refractivity contribution is 0.101. The molecule has 0 aliphatic carbocycles. The van der Waals surface area contributed by atoms with E-state index in [1.54, 1.807) is 12.1 Å². The minimum Gasteiger partial charge on any atom is -0.293 e. The van der Waals surface area contributed by atoms with Gasteiger partial charge in [0.2, 0.25) is 0 Å². The zero-order valence-corrected chi connectivity index (χ0v) is 7.62. The van der Waals surface area contributed by atoms with Gasteiger partial charge in [0.05, 0.1) is 0 Å². The van der Waals surface area contributed by atoms with E-state index in [2.05, 4.69) is 4.98 Å². The highest BCUT2D eigenvalue weighted by molar-refractivity contribution is 6.05. The Morgan fingerprint density at radius 2 is 2.14 bits per heavy atom. The summed E-state index contributed by atoms with van der Waals surface area (Å²) in [6, 6.07) is 5.99. The molecule has 0 spiro atoms. The molecule has 1 aromatic carbocycles. The molecule has 0 bridgehead atoms. The van der Waals surface area contributed by atoms with Crippen LogP contribution in [-0.2, 0) is 0 Å². The number of pyridine rings is 1. The highest BCUT2D eigenvalue weighted by Crippen LogP contribution is 2.18. The zero-order valence-electron chi connectivity index (χ0n) is 7.62. The molecule has 0 saturated heterocycles. The van der Waals surface area contributed by atoms with Gasteiger partial charge in [-0.1, -0.05) is 0 Å². The second-order valence-corrected chi connectivity index (χ2v) is 3.08. The molecule has 0 amide bonds. The van der Waals surface area contributed by atoms with Gasteiger partial charge in [0.25, 0.3) is 0 Å². The predicted molar refractivity (Wildman–Crippen MR) is 51.7 cm³/mol. The Balaban J connectivity index is 2.81. The summed E-state index contributed by atoms with van der Waals surface area (Å²) in [5.41, 5.74) is 0.391. The maximum Gasteiger partial charge on any atom is 0.178 e. The van der Waals surface area contributed by atoms with E-state index in [0.717, 1.165) is 0 Å². The number of hydrogen-bond acceptors (Lipinski definition) is 2. The Morgan fingerprint density at radius 1 is 1.36 bits per heavy atom. The number of rotatable bonds is 1. The van der Waals surface area contributed by atoms with Crippen molar-refractivity contribution in [1.82, 2.24) is 4.98 Å². The Kier molecular flexibility index (Phi) is 2.00. The quantitative estimate of drug-likeness (QED) is 0.645. The normalized spacial score (nSPS) is 10.4. The van der Waals surface area contributed by atoms with E-state index < -0.39 is 0 Å². The Morgan fingerprint density at radius 3 is 2.86 bits per heavy atom. The van der Waals surface area contributed by atoms with Crippen LogP contribution in [-0.4, -0.2) is 10.8 Å². The van der Waals surface area contributed by atoms with Gasteiger partial charge in [0.15, 0.2) is 5.78 Å². The molecule has 70 valence electrons. The van der Waals surface area contributed by atoms with Crippen molar-refractivity contribution in [2.45, 2.75) is 6.92 Å². The van der Waals surface area contributed by atoms with Crippen molar-refractivity contribution in [3.63, 3.8) is 0 Å². The molecule has 0 fully saturated rings. The summed E-state index contributed by atoms with van der Waals surface area (Å²) >= 11 is 0. The average Bonchev–Trinajstić information content (AvgIpc) is 2.16. The standard InChI is InChI=1S/C11H8FNO/c1-7(14)11-10-3-2-9(12)6-8(10)4-5-13-11/h2-6H,1H3. The lowest BCUT2D eigenvalue weighted by Crippen LogP contribution is -1.97. The largest absolute Gasteiger partial charge is 0.293 e. The number of nitrogens with zero attached hydrogens (tertiary/aromatic N) is 1. The smallest absolute Gasteiger partial charge is 0.178 e. The van der Waals surface area contributed by atoms with Crippen LogP contribution in [0, 0.1) is 5.82 Å². The first-order valence-corrected chi connectivity index (χ1v) is 4.23. The summed E-state index contributed by atoms with van der Waals surface area (Å²) in [7, 11) is 0. The number of aromatic nitrogens is 1. The molecule has 3 heteroatoms. The Bertz CT molecular complexity index is 508. The third-order valence-electron chi connectivity index (χ3n) is 2.06. The summed E-state index contributed by atoms with van der Waals surface area (Å²) in [6.07, 6.45) is 1.51. The number of carbonyl (C=O) groups excluding carboxylic acids is 1. The molecule has 0 N–H and O–H groups in total. The van der Waals surface area contributed by atoms with E-state index in [4.69, 9.17) is 0 Å². The highest BCUT2D eigenvalue weighted by Gasteiger charge is 2.06. The Labute approximate surface area is 80.4 Å². The van der Waals surface area contributed by atoms with Crippen LogP contribution in [0.2, 0.25) is 0 Å². The van der Waals surface area contributed by atoms with Gasteiger partial charge in [0, 0.05) is 18.5 Å². The van der Waals surface area contributed by atoms with Crippen LogP contribution >= 0.6 is 0 Å². The maximum atomic E-state index is 12.9. The second-order valence-electron chi connectivity index (χ2n) is 3.08. The number of ketones is 1. The van der Waals surface area contributed by atoms with Crippen molar-refractivity contribution in [2.75, 3.05) is 0 Å². The van der Waals surface area contributed by atoms with Crippen molar-refractivity contribution in [3.05, 3.63) is 42.0 Å². The molecular weight excluding hydrogens is 181 g/mol. The van der Waals surface area contributed by atoms with Gasteiger partial charge in [-0.2, -0.15) is 0 Å². The fourth-order valence-electron chi connectivity index (χ4n) is 1.43. The van der Waals surface area contributed by atoms with Crippen LogP contribution in [0.15, 0.2) is 30.5 Å². The van der Waals surface area contributed by atoms with Gasteiger partial charge in [-0.05, 0) is 29.7 Å². The molecular formula is C11H8FNO. The van der Waals surface area contributed by atoms with E-state index in [1.165, 1.54) is 25.3 Å². The van der Waals surface area contributed by atoms with Gasteiger partial charge in [-0.25, -0.2) is 4.39 Å². The van der Waals surface area contributed by atoms with Crippen LogP contribution in [0.25, 0.3) is 10.8 Å². The second kappa shape index (κ2) is 3.18. The first-order chi connectivity index (χ1) is 6.68. The Hall–Kier alpha value is -1.77. The lowest BCUT2D eigenvalue weighted by Gasteiger charge is -2.01. The lowest BCUT2D eigenvalue weighted by atomic mass is 10.1. The van der Waals surface area contributed by atoms with Crippen molar-refractivity contribution in [1.29, 1.82) is 0 Å². The fourth-order valence-corrected chi connectivity index (χ4v) is 1.43. The first-order valence-electron chi connectivity index (χ1n) is 4.23. The SMILES string of the molecule is CC(=O)c1nccc2cc(F)ccc12. The summed E-state index contributed by atoms with van der Waals surface area (Å²) in [5.74, 6) is -0.416. The van der Waals surface area contributed by atoms with E-state index >= 15 is 0 Å². The molecule has 0 radical (unpaired) electrons. The van der Waals surface area contributed by atoms with Crippen molar-refractivity contribution < 1.29 is 9.18 Å². The number of carbonyl (C=O) groups is 1.